The number of hydrogen-bond donors (Lipinski definition) is 3. The summed E-state index contributed by atoms with van der Waals surface area (Å²) in [6, 6.07) is 16.8. The maximum atomic E-state index is 13.1. The lowest BCUT2D eigenvalue weighted by molar-refractivity contribution is 0.330. The summed E-state index contributed by atoms with van der Waals surface area (Å²) >= 11 is 0. The van der Waals surface area contributed by atoms with Crippen LogP contribution < -0.4 is 16.2 Å². The van der Waals surface area contributed by atoms with E-state index in [-0.39, 0.29) is 22.8 Å². The summed E-state index contributed by atoms with van der Waals surface area (Å²) in [7, 11) is -4.06. The molecule has 3 aromatic rings. The number of nitrogens with one attached hydrogen (secondary N) is 1. The molecule has 0 saturated heterocycles. The fourth-order valence-electron chi connectivity index (χ4n) is 2.72. The molecular weight excluding hydrogens is 350 g/mol. The monoisotopic (exact) mass is 369 g/mol. The van der Waals surface area contributed by atoms with Gasteiger partial charge < -0.3 is 16.2 Å². The van der Waals surface area contributed by atoms with Gasteiger partial charge in [0.15, 0.2) is 5.04 Å². The van der Waals surface area contributed by atoms with Crippen LogP contribution in [-0.2, 0) is 9.84 Å². The Morgan fingerprint density at radius 3 is 2.46 bits per heavy atom. The van der Waals surface area contributed by atoms with E-state index in [1.807, 2.05) is 18.2 Å². The minimum atomic E-state index is -4.06. The zero-order valence-corrected chi connectivity index (χ0v) is 14.8. The molecule has 6 nitrogen and oxygen atoms in total. The van der Waals surface area contributed by atoms with Crippen LogP contribution in [0.3, 0.4) is 0 Å². The van der Waals surface area contributed by atoms with Crippen LogP contribution in [0, 0.1) is 5.41 Å². The number of anilines is 1. The topological polar surface area (TPSA) is 119 Å². The van der Waals surface area contributed by atoms with Crippen molar-refractivity contribution in [2.24, 2.45) is 5.73 Å². The molecule has 0 fully saturated rings. The van der Waals surface area contributed by atoms with E-state index in [0.717, 1.165) is 5.39 Å². The average Bonchev–Trinajstić information content (AvgIpc) is 2.66. The highest BCUT2D eigenvalue weighted by Gasteiger charge is 2.26. The van der Waals surface area contributed by atoms with Gasteiger partial charge in [-0.15, -0.1) is 0 Å². The Labute approximate surface area is 151 Å². The first kappa shape index (κ1) is 17.9. The van der Waals surface area contributed by atoms with Crippen LogP contribution in [0.25, 0.3) is 10.8 Å². The fourth-order valence-corrected chi connectivity index (χ4v) is 4.14. The molecule has 0 bridgehead atoms. The molecule has 0 spiro atoms. The Hall–Kier alpha value is -2.90. The molecule has 0 heterocycles. The molecule has 134 valence electrons. The largest absolute Gasteiger partial charge is 0.490 e. The van der Waals surface area contributed by atoms with Crippen molar-refractivity contribution in [2.75, 3.05) is 18.9 Å². The number of rotatable bonds is 5. The predicted octanol–water partition coefficient (Wildman–Crippen LogP) is 2.56. The van der Waals surface area contributed by atoms with Crippen LogP contribution in [0.2, 0.25) is 0 Å². The molecule has 7 heteroatoms. The van der Waals surface area contributed by atoms with Gasteiger partial charge in [0.05, 0.1) is 10.6 Å². The van der Waals surface area contributed by atoms with E-state index in [2.05, 4.69) is 0 Å². The van der Waals surface area contributed by atoms with Gasteiger partial charge in [0.2, 0.25) is 9.84 Å². The molecule has 26 heavy (non-hydrogen) atoms. The van der Waals surface area contributed by atoms with Crippen molar-refractivity contribution in [3.8, 4) is 5.75 Å². The lowest BCUT2D eigenvalue weighted by atomic mass is 10.1. The number of hydrogen-bond acceptors (Lipinski definition) is 6. The molecule has 5 N–H and O–H groups in total. The molecule has 0 aliphatic heterocycles. The molecule has 3 rings (SSSR count). The summed E-state index contributed by atoms with van der Waals surface area (Å²) in [5, 5.41) is 9.10. The lowest BCUT2D eigenvalue weighted by Gasteiger charge is -2.14. The molecule has 0 amide bonds. The quantitative estimate of drug-likeness (QED) is 0.363. The van der Waals surface area contributed by atoms with Crippen LogP contribution in [-0.4, -0.2) is 26.6 Å². The Balaban J connectivity index is 2.09. The fraction of sp³-hybridized carbons (Fsp3) is 0.105. The van der Waals surface area contributed by atoms with Crippen LogP contribution in [0.5, 0.6) is 5.75 Å². The van der Waals surface area contributed by atoms with Crippen molar-refractivity contribution >= 4 is 31.3 Å². The van der Waals surface area contributed by atoms with Crippen molar-refractivity contribution in [1.82, 2.24) is 0 Å². The SMILES string of the molecule is N=C(c1cccc(OCCN)c1N)S(=O)(=O)c1cccc2ccccc12. The number of benzene rings is 3. The van der Waals surface area contributed by atoms with Gasteiger partial charge in [-0.25, -0.2) is 8.42 Å². The molecule has 0 aliphatic carbocycles. The van der Waals surface area contributed by atoms with Gasteiger partial charge in [0.1, 0.15) is 12.4 Å². The Bertz CT molecular complexity index is 1070. The van der Waals surface area contributed by atoms with Crippen LogP contribution in [0.4, 0.5) is 5.69 Å². The summed E-state index contributed by atoms with van der Waals surface area (Å²) < 4.78 is 31.6. The minimum absolute atomic E-state index is 0.0771. The lowest BCUT2D eigenvalue weighted by Crippen LogP contribution is -2.18. The number of ether oxygens (including phenoxy) is 1. The van der Waals surface area contributed by atoms with Crippen molar-refractivity contribution in [1.29, 1.82) is 5.41 Å². The molecule has 0 aromatic heterocycles. The van der Waals surface area contributed by atoms with Crippen molar-refractivity contribution in [3.63, 3.8) is 0 Å². The molecule has 0 aliphatic rings. The Kier molecular flexibility index (Phi) is 4.92. The van der Waals surface area contributed by atoms with E-state index >= 15 is 0 Å². The second-order valence-electron chi connectivity index (χ2n) is 5.66. The standard InChI is InChI=1S/C19H19N3O3S/c20-11-12-25-16-9-4-8-15(18(16)21)19(22)26(23,24)17-10-3-6-13-5-1-2-7-14(13)17/h1-10,22H,11-12,20-21H2. The van der Waals surface area contributed by atoms with Crippen molar-refractivity contribution in [3.05, 3.63) is 66.2 Å². The first-order valence-electron chi connectivity index (χ1n) is 8.00. The van der Waals surface area contributed by atoms with E-state index in [9.17, 15) is 8.42 Å². The summed E-state index contributed by atoms with van der Waals surface area (Å²) in [5.41, 5.74) is 11.7. The van der Waals surface area contributed by atoms with Gasteiger partial charge in [0.25, 0.3) is 0 Å². The molecule has 0 atom stereocenters. The molecule has 0 saturated carbocycles. The van der Waals surface area contributed by atoms with Gasteiger partial charge in [-0.3, -0.25) is 5.41 Å². The van der Waals surface area contributed by atoms with Crippen LogP contribution in [0.1, 0.15) is 5.56 Å². The number of para-hydroxylation sites is 1. The van der Waals surface area contributed by atoms with Gasteiger partial charge in [-0.05, 0) is 23.6 Å². The highest BCUT2D eigenvalue weighted by Crippen LogP contribution is 2.30. The third kappa shape index (κ3) is 3.14. The van der Waals surface area contributed by atoms with Gasteiger partial charge in [-0.1, -0.05) is 42.5 Å². The van der Waals surface area contributed by atoms with E-state index < -0.39 is 14.9 Å². The van der Waals surface area contributed by atoms with Crippen LogP contribution >= 0.6 is 0 Å². The summed E-state index contributed by atoms with van der Waals surface area (Å²) in [6.07, 6.45) is 0. The van der Waals surface area contributed by atoms with Crippen molar-refractivity contribution in [2.45, 2.75) is 4.90 Å². The summed E-state index contributed by atoms with van der Waals surface area (Å²) in [4.78, 5) is 0.0771. The van der Waals surface area contributed by atoms with E-state index in [4.69, 9.17) is 21.6 Å². The third-order valence-electron chi connectivity index (χ3n) is 3.99. The second kappa shape index (κ2) is 7.15. The zero-order valence-electron chi connectivity index (χ0n) is 14.0. The summed E-state index contributed by atoms with van der Waals surface area (Å²) in [5.74, 6) is 0.311. The highest BCUT2D eigenvalue weighted by molar-refractivity contribution is 8.07. The average molecular weight is 369 g/mol. The van der Waals surface area contributed by atoms with E-state index in [1.54, 1.807) is 30.3 Å². The maximum absolute atomic E-state index is 13.1. The molecular formula is C19H19N3O3S. The first-order chi connectivity index (χ1) is 12.5. The highest BCUT2D eigenvalue weighted by atomic mass is 32.2. The predicted molar refractivity (Wildman–Crippen MR) is 103 cm³/mol. The van der Waals surface area contributed by atoms with Gasteiger partial charge >= 0.3 is 0 Å². The molecule has 3 aromatic carbocycles. The van der Waals surface area contributed by atoms with Gasteiger partial charge in [0, 0.05) is 17.5 Å². The normalized spacial score (nSPS) is 11.4. The number of nitrogens with two attached hydrogens (primary N) is 2. The second-order valence-corrected chi connectivity index (χ2v) is 7.52. The zero-order chi connectivity index (χ0) is 18.7. The smallest absolute Gasteiger partial charge is 0.224 e. The molecule has 0 unspecified atom stereocenters. The summed E-state index contributed by atoms with van der Waals surface area (Å²) in [6.45, 7) is 0.548. The van der Waals surface area contributed by atoms with E-state index in [0.29, 0.717) is 17.7 Å². The van der Waals surface area contributed by atoms with Gasteiger partial charge in [-0.2, -0.15) is 0 Å². The van der Waals surface area contributed by atoms with Crippen LogP contribution in [0.15, 0.2) is 65.6 Å². The van der Waals surface area contributed by atoms with E-state index in [1.165, 1.54) is 12.1 Å². The number of nitrogen functional groups attached to an aromatic ring is 1. The van der Waals surface area contributed by atoms with Crippen molar-refractivity contribution < 1.29 is 13.2 Å². The molecule has 0 radical (unpaired) electrons. The first-order valence-corrected chi connectivity index (χ1v) is 9.48. The maximum Gasteiger partial charge on any atom is 0.224 e. The third-order valence-corrected chi connectivity index (χ3v) is 5.69. The number of sulfone groups is 1. The Morgan fingerprint density at radius 2 is 1.69 bits per heavy atom. The number of fused-ring (bicyclic) bond motifs is 1. The Morgan fingerprint density at radius 1 is 1.00 bits per heavy atom. The minimum Gasteiger partial charge on any atom is -0.490 e.